The lowest BCUT2D eigenvalue weighted by atomic mass is 9.96. The van der Waals surface area contributed by atoms with Gasteiger partial charge in [-0.25, -0.2) is 4.79 Å². The molecule has 0 bridgehead atoms. The van der Waals surface area contributed by atoms with Gasteiger partial charge in [-0.1, -0.05) is 43.3 Å². The Balaban J connectivity index is 2.67. The van der Waals surface area contributed by atoms with Crippen LogP contribution in [0, 0.1) is 5.92 Å². The fraction of sp³-hybridized carbons (Fsp3) is 0.294. The van der Waals surface area contributed by atoms with Gasteiger partial charge in [0.1, 0.15) is 6.10 Å². The van der Waals surface area contributed by atoms with Gasteiger partial charge in [-0.3, -0.25) is 4.79 Å². The normalized spacial score (nSPS) is 13.6. The molecule has 2 unspecified atom stereocenters. The summed E-state index contributed by atoms with van der Waals surface area (Å²) in [5.41, 5.74) is 0.878. The van der Waals surface area contributed by atoms with Crippen molar-refractivity contribution in [3.05, 3.63) is 54.6 Å². The third-order valence-electron chi connectivity index (χ3n) is 3.07. The van der Waals surface area contributed by atoms with Gasteiger partial charge in [-0.2, -0.15) is 0 Å². The zero-order valence-electron chi connectivity index (χ0n) is 12.1. The van der Waals surface area contributed by atoms with Gasteiger partial charge in [0.2, 0.25) is 0 Å². The summed E-state index contributed by atoms with van der Waals surface area (Å²) in [6.45, 7) is 5.33. The van der Waals surface area contributed by atoms with E-state index >= 15 is 0 Å². The van der Waals surface area contributed by atoms with Crippen LogP contribution in [0.4, 0.5) is 0 Å². The topological polar surface area (TPSA) is 63.6 Å². The number of aliphatic carboxylic acids is 1. The van der Waals surface area contributed by atoms with Crippen LogP contribution in [0.5, 0.6) is 0 Å². The molecule has 0 fully saturated rings. The standard InChI is InChI=1S/C17H20O4/c1-3-8-14(17(19)20)15(4-2)21-16(18)12-11-13-9-6-5-7-10-13/h3,5-7,9-12,14-15H,1,4,8H2,2H3,(H,19,20). The maximum Gasteiger partial charge on any atom is 0.331 e. The smallest absolute Gasteiger partial charge is 0.331 e. The summed E-state index contributed by atoms with van der Waals surface area (Å²) in [5, 5.41) is 9.17. The third-order valence-corrected chi connectivity index (χ3v) is 3.07. The summed E-state index contributed by atoms with van der Waals surface area (Å²) in [4.78, 5) is 23.0. The van der Waals surface area contributed by atoms with Gasteiger partial charge in [0, 0.05) is 6.08 Å². The Bertz CT molecular complexity index is 505. The van der Waals surface area contributed by atoms with Gasteiger partial charge in [0.05, 0.1) is 5.92 Å². The van der Waals surface area contributed by atoms with Gasteiger partial charge in [-0.05, 0) is 24.5 Å². The van der Waals surface area contributed by atoms with Gasteiger partial charge in [0.15, 0.2) is 0 Å². The molecule has 0 aliphatic rings. The second-order valence-electron chi connectivity index (χ2n) is 4.60. The summed E-state index contributed by atoms with van der Waals surface area (Å²) in [5.74, 6) is -2.29. The first-order valence-corrected chi connectivity index (χ1v) is 6.86. The molecule has 4 heteroatoms. The Morgan fingerprint density at radius 2 is 2.00 bits per heavy atom. The molecule has 1 aromatic carbocycles. The number of esters is 1. The van der Waals surface area contributed by atoms with E-state index in [9.17, 15) is 9.59 Å². The molecule has 2 atom stereocenters. The van der Waals surface area contributed by atoms with Crippen molar-refractivity contribution in [3.63, 3.8) is 0 Å². The number of carboxylic acid groups (broad SMARTS) is 1. The van der Waals surface area contributed by atoms with Crippen LogP contribution in [-0.4, -0.2) is 23.1 Å². The fourth-order valence-electron chi connectivity index (χ4n) is 1.96. The molecular formula is C17H20O4. The van der Waals surface area contributed by atoms with Crippen molar-refractivity contribution in [2.75, 3.05) is 0 Å². The highest BCUT2D eigenvalue weighted by molar-refractivity contribution is 5.87. The van der Waals surface area contributed by atoms with Gasteiger partial charge in [-0.15, -0.1) is 6.58 Å². The zero-order valence-corrected chi connectivity index (χ0v) is 12.1. The summed E-state index contributed by atoms with van der Waals surface area (Å²) < 4.78 is 5.24. The Morgan fingerprint density at radius 1 is 1.33 bits per heavy atom. The number of hydrogen-bond acceptors (Lipinski definition) is 3. The van der Waals surface area contributed by atoms with Gasteiger partial charge < -0.3 is 9.84 Å². The van der Waals surface area contributed by atoms with Gasteiger partial charge >= 0.3 is 11.9 Å². The number of rotatable bonds is 8. The molecule has 0 aliphatic carbocycles. The minimum Gasteiger partial charge on any atom is -0.481 e. The molecule has 4 nitrogen and oxygen atoms in total. The van der Waals surface area contributed by atoms with Crippen LogP contribution >= 0.6 is 0 Å². The van der Waals surface area contributed by atoms with Crippen molar-refractivity contribution in [3.8, 4) is 0 Å². The predicted octanol–water partition coefficient (Wildman–Crippen LogP) is 3.30. The number of carbonyl (C=O) groups is 2. The highest BCUT2D eigenvalue weighted by Crippen LogP contribution is 2.17. The van der Waals surface area contributed by atoms with Crippen LogP contribution in [0.2, 0.25) is 0 Å². The van der Waals surface area contributed by atoms with Crippen molar-refractivity contribution in [1.29, 1.82) is 0 Å². The van der Waals surface area contributed by atoms with Crippen molar-refractivity contribution in [2.45, 2.75) is 25.9 Å². The molecular weight excluding hydrogens is 268 g/mol. The van der Waals surface area contributed by atoms with E-state index in [0.717, 1.165) is 5.56 Å². The first kappa shape index (κ1) is 16.7. The number of carbonyl (C=O) groups excluding carboxylic acids is 1. The van der Waals surface area contributed by atoms with Crippen LogP contribution in [-0.2, 0) is 14.3 Å². The molecule has 0 radical (unpaired) electrons. The SMILES string of the molecule is C=CCC(C(=O)O)C(CC)OC(=O)C=Cc1ccccc1. The van der Waals surface area contributed by atoms with Crippen molar-refractivity contribution in [2.24, 2.45) is 5.92 Å². The van der Waals surface area contributed by atoms with Crippen LogP contribution in [0.1, 0.15) is 25.3 Å². The summed E-state index contributed by atoms with van der Waals surface area (Å²) in [6, 6.07) is 9.34. The number of hydrogen-bond donors (Lipinski definition) is 1. The monoisotopic (exact) mass is 288 g/mol. The molecule has 0 amide bonds. The summed E-state index contributed by atoms with van der Waals surface area (Å²) in [6.07, 6.45) is 4.52. The van der Waals surface area contributed by atoms with E-state index in [1.807, 2.05) is 30.3 Å². The minimum atomic E-state index is -0.985. The summed E-state index contributed by atoms with van der Waals surface area (Å²) in [7, 11) is 0. The van der Waals surface area contributed by atoms with E-state index in [2.05, 4.69) is 6.58 Å². The number of ether oxygens (including phenoxy) is 1. The first-order chi connectivity index (χ1) is 10.1. The highest BCUT2D eigenvalue weighted by atomic mass is 16.5. The average molecular weight is 288 g/mol. The fourth-order valence-corrected chi connectivity index (χ4v) is 1.96. The average Bonchev–Trinajstić information content (AvgIpc) is 2.49. The molecule has 0 aliphatic heterocycles. The molecule has 0 spiro atoms. The molecule has 0 aromatic heterocycles. The second-order valence-corrected chi connectivity index (χ2v) is 4.60. The van der Waals surface area contributed by atoms with E-state index < -0.39 is 24.0 Å². The molecule has 1 aromatic rings. The largest absolute Gasteiger partial charge is 0.481 e. The number of benzene rings is 1. The Kier molecular flexibility index (Phi) is 6.95. The van der Waals surface area contributed by atoms with E-state index in [-0.39, 0.29) is 6.42 Å². The number of carboxylic acids is 1. The lowest BCUT2D eigenvalue weighted by Crippen LogP contribution is -2.31. The Morgan fingerprint density at radius 3 is 2.52 bits per heavy atom. The van der Waals surface area contributed by atoms with Crippen molar-refractivity contribution in [1.82, 2.24) is 0 Å². The minimum absolute atomic E-state index is 0.267. The van der Waals surface area contributed by atoms with Crippen molar-refractivity contribution < 1.29 is 19.4 Å². The predicted molar refractivity (Wildman–Crippen MR) is 81.6 cm³/mol. The molecule has 0 saturated heterocycles. The molecule has 1 rings (SSSR count). The second kappa shape index (κ2) is 8.74. The van der Waals surface area contributed by atoms with Crippen LogP contribution < -0.4 is 0 Å². The van der Waals surface area contributed by atoms with Crippen LogP contribution in [0.3, 0.4) is 0 Å². The van der Waals surface area contributed by atoms with Gasteiger partial charge in [0.25, 0.3) is 0 Å². The van der Waals surface area contributed by atoms with E-state index in [4.69, 9.17) is 9.84 Å². The molecule has 112 valence electrons. The lowest BCUT2D eigenvalue weighted by molar-refractivity contribution is -0.155. The molecule has 0 saturated carbocycles. The maximum atomic E-state index is 11.8. The summed E-state index contributed by atoms with van der Waals surface area (Å²) >= 11 is 0. The molecule has 21 heavy (non-hydrogen) atoms. The molecule has 0 heterocycles. The van der Waals surface area contributed by atoms with Crippen LogP contribution in [0.15, 0.2) is 49.1 Å². The Labute approximate surface area is 124 Å². The maximum absolute atomic E-state index is 11.8. The zero-order chi connectivity index (χ0) is 15.7. The van der Waals surface area contributed by atoms with Crippen LogP contribution in [0.25, 0.3) is 6.08 Å². The highest BCUT2D eigenvalue weighted by Gasteiger charge is 2.28. The van der Waals surface area contributed by atoms with E-state index in [1.165, 1.54) is 12.2 Å². The van der Waals surface area contributed by atoms with E-state index in [1.54, 1.807) is 13.0 Å². The molecule has 1 N–H and O–H groups in total. The van der Waals surface area contributed by atoms with Crippen molar-refractivity contribution >= 4 is 18.0 Å². The lowest BCUT2D eigenvalue weighted by Gasteiger charge is -2.21. The first-order valence-electron chi connectivity index (χ1n) is 6.86. The third kappa shape index (κ3) is 5.65. The van der Waals surface area contributed by atoms with E-state index in [0.29, 0.717) is 6.42 Å². The quantitative estimate of drug-likeness (QED) is 0.453. The Hall–Kier alpha value is -2.36. The number of allylic oxidation sites excluding steroid dienone is 1.